The van der Waals surface area contributed by atoms with Crippen LogP contribution in [0, 0.1) is 4.84 Å². The summed E-state index contributed by atoms with van der Waals surface area (Å²) in [6.07, 6.45) is 0. The lowest BCUT2D eigenvalue weighted by Gasteiger charge is -2.05. The first-order chi connectivity index (χ1) is 6.58. The number of aromatic nitrogens is 1. The van der Waals surface area contributed by atoms with E-state index >= 15 is 0 Å². The van der Waals surface area contributed by atoms with E-state index in [1.165, 1.54) is 5.56 Å². The zero-order valence-electron chi connectivity index (χ0n) is 7.93. The molecule has 4 heteroatoms. The SMILES string of the molecule is CC(C)c1cc(Br)cc2[nH]c(=S)oc12. The molecule has 0 fully saturated rings. The Morgan fingerprint density at radius 2 is 2.14 bits per heavy atom. The standard InChI is InChI=1S/C10H10BrNOS/c1-5(2)7-3-6(11)4-8-9(7)13-10(14)12-8/h3-5H,1-2H3,(H,12,14). The monoisotopic (exact) mass is 271 g/mol. The molecule has 0 saturated carbocycles. The van der Waals surface area contributed by atoms with Crippen LogP contribution >= 0.6 is 28.1 Å². The lowest BCUT2D eigenvalue weighted by Crippen LogP contribution is -1.87. The second-order valence-corrected chi connectivity index (χ2v) is 4.83. The second kappa shape index (κ2) is 3.51. The highest BCUT2D eigenvalue weighted by Gasteiger charge is 2.10. The predicted molar refractivity (Wildman–Crippen MR) is 63.2 cm³/mol. The summed E-state index contributed by atoms with van der Waals surface area (Å²) in [4.78, 5) is 3.44. The molecule has 1 heterocycles. The van der Waals surface area contributed by atoms with Crippen LogP contribution in [0.5, 0.6) is 0 Å². The molecule has 0 saturated heterocycles. The Hall–Kier alpha value is -0.610. The van der Waals surface area contributed by atoms with Crippen molar-refractivity contribution in [2.45, 2.75) is 19.8 Å². The van der Waals surface area contributed by atoms with Crippen LogP contribution in [0.4, 0.5) is 0 Å². The largest absolute Gasteiger partial charge is 0.429 e. The van der Waals surface area contributed by atoms with Crippen LogP contribution < -0.4 is 0 Å². The third kappa shape index (κ3) is 1.64. The van der Waals surface area contributed by atoms with E-state index in [0.29, 0.717) is 10.8 Å². The second-order valence-electron chi connectivity index (χ2n) is 3.54. The van der Waals surface area contributed by atoms with Gasteiger partial charge in [-0.15, -0.1) is 0 Å². The fourth-order valence-electron chi connectivity index (χ4n) is 1.48. The van der Waals surface area contributed by atoms with Gasteiger partial charge in [-0.25, -0.2) is 0 Å². The van der Waals surface area contributed by atoms with Gasteiger partial charge in [0, 0.05) is 10.0 Å². The summed E-state index contributed by atoms with van der Waals surface area (Å²) in [6, 6.07) is 4.04. The molecule has 74 valence electrons. The van der Waals surface area contributed by atoms with Crippen LogP contribution in [0.1, 0.15) is 25.3 Å². The molecule has 0 atom stereocenters. The molecule has 0 radical (unpaired) electrons. The summed E-state index contributed by atoms with van der Waals surface area (Å²) in [5.41, 5.74) is 2.99. The minimum absolute atomic E-state index is 0.420. The molecule has 1 N–H and O–H groups in total. The lowest BCUT2D eigenvalue weighted by atomic mass is 10.0. The number of rotatable bonds is 1. The van der Waals surface area contributed by atoms with Crippen molar-refractivity contribution < 1.29 is 4.42 Å². The molecule has 1 aromatic carbocycles. The Morgan fingerprint density at radius 3 is 2.79 bits per heavy atom. The van der Waals surface area contributed by atoms with Gasteiger partial charge in [0.2, 0.25) is 0 Å². The number of H-pyrrole nitrogens is 1. The van der Waals surface area contributed by atoms with Crippen LogP contribution in [-0.2, 0) is 0 Å². The van der Waals surface area contributed by atoms with Crippen LogP contribution in [0.25, 0.3) is 11.1 Å². The zero-order valence-corrected chi connectivity index (χ0v) is 10.3. The van der Waals surface area contributed by atoms with Crippen molar-refractivity contribution in [3.63, 3.8) is 0 Å². The van der Waals surface area contributed by atoms with Crippen LogP contribution in [-0.4, -0.2) is 4.98 Å². The molecule has 2 rings (SSSR count). The predicted octanol–water partition coefficient (Wildman–Crippen LogP) is 4.38. The summed E-state index contributed by atoms with van der Waals surface area (Å²) in [5.74, 6) is 0.420. The molecule has 0 amide bonds. The van der Waals surface area contributed by atoms with Crippen molar-refractivity contribution in [3.05, 3.63) is 27.0 Å². The van der Waals surface area contributed by atoms with Crippen molar-refractivity contribution in [3.8, 4) is 0 Å². The van der Waals surface area contributed by atoms with Gasteiger partial charge < -0.3 is 9.40 Å². The van der Waals surface area contributed by atoms with Crippen molar-refractivity contribution in [2.24, 2.45) is 0 Å². The zero-order chi connectivity index (χ0) is 10.3. The summed E-state index contributed by atoms with van der Waals surface area (Å²) in [6.45, 7) is 4.26. The smallest absolute Gasteiger partial charge is 0.266 e. The summed E-state index contributed by atoms with van der Waals surface area (Å²) >= 11 is 8.43. The third-order valence-electron chi connectivity index (χ3n) is 2.14. The Labute approximate surface area is 95.4 Å². The maximum atomic E-state index is 5.45. The normalized spacial score (nSPS) is 11.4. The van der Waals surface area contributed by atoms with Crippen LogP contribution in [0.3, 0.4) is 0 Å². The van der Waals surface area contributed by atoms with E-state index in [1.807, 2.05) is 6.07 Å². The number of oxazole rings is 1. The van der Waals surface area contributed by atoms with Crippen LogP contribution in [0.2, 0.25) is 0 Å². The van der Waals surface area contributed by atoms with E-state index in [1.54, 1.807) is 0 Å². The molecule has 0 aliphatic heterocycles. The molecule has 0 spiro atoms. The van der Waals surface area contributed by atoms with E-state index in [2.05, 4.69) is 40.8 Å². The first-order valence-electron chi connectivity index (χ1n) is 4.40. The highest BCUT2D eigenvalue weighted by Crippen LogP contribution is 2.29. The molecule has 0 bridgehead atoms. The van der Waals surface area contributed by atoms with E-state index in [-0.39, 0.29) is 0 Å². The third-order valence-corrected chi connectivity index (χ3v) is 2.78. The summed E-state index contributed by atoms with van der Waals surface area (Å²) in [5, 5.41) is 0. The quantitative estimate of drug-likeness (QED) is 0.780. The van der Waals surface area contributed by atoms with Crippen LogP contribution in [0.15, 0.2) is 21.0 Å². The summed E-state index contributed by atoms with van der Waals surface area (Å²) in [7, 11) is 0. The van der Waals surface area contributed by atoms with Gasteiger partial charge in [-0.05, 0) is 30.3 Å². The average molecular weight is 272 g/mol. The van der Waals surface area contributed by atoms with Gasteiger partial charge in [0.1, 0.15) is 0 Å². The van der Waals surface area contributed by atoms with Gasteiger partial charge >= 0.3 is 0 Å². The minimum atomic E-state index is 0.420. The molecule has 2 nitrogen and oxygen atoms in total. The average Bonchev–Trinajstić information content (AvgIpc) is 2.42. The number of hydrogen-bond donors (Lipinski definition) is 1. The van der Waals surface area contributed by atoms with E-state index in [0.717, 1.165) is 15.6 Å². The fraction of sp³-hybridized carbons (Fsp3) is 0.300. The van der Waals surface area contributed by atoms with E-state index < -0.39 is 0 Å². The maximum absolute atomic E-state index is 5.45. The van der Waals surface area contributed by atoms with Crippen molar-refractivity contribution >= 4 is 39.2 Å². The van der Waals surface area contributed by atoms with Crippen molar-refractivity contribution in [1.29, 1.82) is 0 Å². The Balaban J connectivity index is 2.85. The molecular weight excluding hydrogens is 262 g/mol. The number of benzene rings is 1. The molecule has 14 heavy (non-hydrogen) atoms. The number of fused-ring (bicyclic) bond motifs is 1. The molecule has 0 aliphatic rings. The highest BCUT2D eigenvalue weighted by atomic mass is 79.9. The van der Waals surface area contributed by atoms with Gasteiger partial charge in [0.15, 0.2) is 5.58 Å². The van der Waals surface area contributed by atoms with Crippen molar-refractivity contribution in [2.75, 3.05) is 0 Å². The Kier molecular flexibility index (Phi) is 2.49. The summed E-state index contributed by atoms with van der Waals surface area (Å²) < 4.78 is 6.50. The highest BCUT2D eigenvalue weighted by molar-refractivity contribution is 9.10. The molecule has 0 aliphatic carbocycles. The lowest BCUT2D eigenvalue weighted by molar-refractivity contribution is 0.576. The van der Waals surface area contributed by atoms with Gasteiger partial charge in [-0.3, -0.25) is 0 Å². The molecule has 1 aromatic heterocycles. The topological polar surface area (TPSA) is 28.9 Å². The Bertz CT molecular complexity index is 526. The first-order valence-corrected chi connectivity index (χ1v) is 5.60. The number of aromatic amines is 1. The minimum Gasteiger partial charge on any atom is -0.429 e. The fourth-order valence-corrected chi connectivity index (χ4v) is 2.15. The van der Waals surface area contributed by atoms with Gasteiger partial charge in [-0.2, -0.15) is 0 Å². The van der Waals surface area contributed by atoms with E-state index in [9.17, 15) is 0 Å². The first kappa shape index (κ1) is 9.93. The maximum Gasteiger partial charge on any atom is 0.266 e. The Morgan fingerprint density at radius 1 is 1.43 bits per heavy atom. The molecular formula is C10H10BrNOS. The number of nitrogens with one attached hydrogen (secondary N) is 1. The van der Waals surface area contributed by atoms with Gasteiger partial charge in [0.05, 0.1) is 5.52 Å². The molecule has 0 unspecified atom stereocenters. The van der Waals surface area contributed by atoms with Gasteiger partial charge in [0.25, 0.3) is 4.84 Å². The number of halogens is 1. The van der Waals surface area contributed by atoms with Crippen molar-refractivity contribution in [1.82, 2.24) is 4.98 Å². The van der Waals surface area contributed by atoms with E-state index in [4.69, 9.17) is 16.6 Å². The number of hydrogen-bond acceptors (Lipinski definition) is 2. The van der Waals surface area contributed by atoms with Gasteiger partial charge in [-0.1, -0.05) is 29.8 Å². The molecule has 2 aromatic rings.